The molecule has 0 aliphatic heterocycles. The molecule has 6 nitrogen and oxygen atoms in total. The average Bonchev–Trinajstić information content (AvgIpc) is 3.15. The van der Waals surface area contributed by atoms with E-state index in [-0.39, 0.29) is 31.2 Å². The number of anilines is 2. The number of hydrogen-bond acceptors (Lipinski definition) is 6. The minimum Gasteiger partial charge on any atom is -0.491 e. The first-order valence-corrected chi connectivity index (χ1v) is 10.2. The Bertz CT molecular complexity index is 1050. The van der Waals surface area contributed by atoms with Crippen molar-refractivity contribution in [3.05, 3.63) is 70.2 Å². The number of aryl methyl sites for hydroxylation is 1. The summed E-state index contributed by atoms with van der Waals surface area (Å²) in [5.41, 5.74) is 0.770. The fourth-order valence-corrected chi connectivity index (χ4v) is 3.47. The van der Waals surface area contributed by atoms with Crippen molar-refractivity contribution in [2.45, 2.75) is 19.6 Å². The number of ether oxygens (including phenoxy) is 1. The maximum atomic E-state index is 13.2. The highest BCUT2D eigenvalue weighted by atomic mass is 32.1. The Kier molecular flexibility index (Phi) is 7.13. The van der Waals surface area contributed by atoms with Crippen LogP contribution in [-0.4, -0.2) is 29.2 Å². The van der Waals surface area contributed by atoms with Crippen LogP contribution in [-0.2, 0) is 12.7 Å². The molecule has 0 bridgehead atoms. The normalized spacial score (nSPS) is 11.3. The molecule has 3 rings (SSSR count). The molecular weight excluding hydrogens is 431 g/mol. The molecule has 3 N–H and O–H groups in total. The lowest BCUT2D eigenvalue weighted by Crippen LogP contribution is -2.14. The second kappa shape index (κ2) is 9.80. The summed E-state index contributed by atoms with van der Waals surface area (Å²) in [4.78, 5) is 16.7. The van der Waals surface area contributed by atoms with Crippen molar-refractivity contribution < 1.29 is 27.8 Å². The summed E-state index contributed by atoms with van der Waals surface area (Å²) >= 11 is 1.29. The van der Waals surface area contributed by atoms with Crippen molar-refractivity contribution in [3.8, 4) is 5.75 Å². The Morgan fingerprint density at radius 3 is 2.68 bits per heavy atom. The Morgan fingerprint density at radius 2 is 2.00 bits per heavy atom. The lowest BCUT2D eigenvalue weighted by Gasteiger charge is -2.17. The molecule has 0 aliphatic rings. The van der Waals surface area contributed by atoms with Gasteiger partial charge in [-0.15, -0.1) is 11.3 Å². The molecular formula is C21H20F3N3O3S. The number of aliphatic hydroxyl groups excluding tert-OH is 1. The van der Waals surface area contributed by atoms with Crippen LogP contribution in [0.1, 0.15) is 27.2 Å². The van der Waals surface area contributed by atoms with E-state index in [4.69, 9.17) is 9.84 Å². The third kappa shape index (κ3) is 5.96. The Labute approximate surface area is 180 Å². The van der Waals surface area contributed by atoms with E-state index >= 15 is 0 Å². The summed E-state index contributed by atoms with van der Waals surface area (Å²) in [5, 5.41) is 16.8. The molecule has 1 amide bonds. The molecule has 0 saturated heterocycles. The molecule has 10 heteroatoms. The molecule has 0 radical (unpaired) electrons. The number of benzene rings is 2. The van der Waals surface area contributed by atoms with Gasteiger partial charge in [-0.2, -0.15) is 13.2 Å². The largest absolute Gasteiger partial charge is 0.491 e. The molecule has 0 spiro atoms. The third-order valence-electron chi connectivity index (χ3n) is 4.22. The van der Waals surface area contributed by atoms with Crippen LogP contribution in [0.5, 0.6) is 5.75 Å². The van der Waals surface area contributed by atoms with E-state index in [1.807, 2.05) is 6.92 Å². The third-order valence-corrected chi connectivity index (χ3v) is 5.10. The highest BCUT2D eigenvalue weighted by molar-refractivity contribution is 7.13. The fourth-order valence-electron chi connectivity index (χ4n) is 2.79. The molecule has 0 unspecified atom stereocenters. The summed E-state index contributed by atoms with van der Waals surface area (Å²) < 4.78 is 45.1. The number of alkyl halides is 3. The van der Waals surface area contributed by atoms with Gasteiger partial charge in [-0.25, -0.2) is 4.98 Å². The van der Waals surface area contributed by atoms with Crippen LogP contribution in [0, 0.1) is 6.92 Å². The smallest absolute Gasteiger partial charge is 0.418 e. The summed E-state index contributed by atoms with van der Waals surface area (Å²) in [6, 6.07) is 9.80. The number of aliphatic hydroxyl groups is 1. The minimum absolute atomic E-state index is 0.0249. The predicted molar refractivity (Wildman–Crippen MR) is 113 cm³/mol. The van der Waals surface area contributed by atoms with Crippen molar-refractivity contribution in [2.75, 3.05) is 23.8 Å². The van der Waals surface area contributed by atoms with Crippen molar-refractivity contribution in [2.24, 2.45) is 0 Å². The standard InChI is InChI=1S/C21H20F3N3O3S/c1-13-12-31-20(26-13)27-19(29)14-6-7-15(18(10-14)30-9-8-28)11-25-17-5-3-2-4-16(17)21(22,23)24/h2-7,10,12,25,28H,8-9,11H2,1H3,(H,26,27,29). The van der Waals surface area contributed by atoms with Gasteiger partial charge in [-0.05, 0) is 31.2 Å². The van der Waals surface area contributed by atoms with Gasteiger partial charge in [0.1, 0.15) is 12.4 Å². The quantitative estimate of drug-likeness (QED) is 0.462. The number of thiazole rings is 1. The first kappa shape index (κ1) is 22.6. The first-order chi connectivity index (χ1) is 14.8. The first-order valence-electron chi connectivity index (χ1n) is 9.28. The van der Waals surface area contributed by atoms with E-state index in [0.717, 1.165) is 11.8 Å². The molecule has 0 saturated carbocycles. The van der Waals surface area contributed by atoms with Crippen LogP contribution < -0.4 is 15.4 Å². The molecule has 31 heavy (non-hydrogen) atoms. The highest BCUT2D eigenvalue weighted by Crippen LogP contribution is 2.35. The number of aromatic nitrogens is 1. The van der Waals surface area contributed by atoms with Crippen LogP contribution in [0.2, 0.25) is 0 Å². The van der Waals surface area contributed by atoms with Gasteiger partial charge in [0, 0.05) is 28.7 Å². The number of carbonyl (C=O) groups excluding carboxylic acids is 1. The van der Waals surface area contributed by atoms with E-state index in [1.54, 1.807) is 17.5 Å². The predicted octanol–water partition coefficient (Wildman–Crippen LogP) is 4.71. The zero-order valence-corrected chi connectivity index (χ0v) is 17.3. The summed E-state index contributed by atoms with van der Waals surface area (Å²) in [5.74, 6) is -0.112. The van der Waals surface area contributed by atoms with Crippen molar-refractivity contribution in [1.29, 1.82) is 0 Å². The van der Waals surface area contributed by atoms with Crippen LogP contribution in [0.15, 0.2) is 47.8 Å². The van der Waals surface area contributed by atoms with Gasteiger partial charge in [0.25, 0.3) is 5.91 Å². The molecule has 0 fully saturated rings. The number of amides is 1. The SMILES string of the molecule is Cc1csc(NC(=O)c2ccc(CNc3ccccc3C(F)(F)F)c(OCCO)c2)n1. The number of nitrogens with one attached hydrogen (secondary N) is 2. The topological polar surface area (TPSA) is 83.5 Å². The number of nitrogens with zero attached hydrogens (tertiary/aromatic N) is 1. The van der Waals surface area contributed by atoms with E-state index in [1.165, 1.54) is 35.6 Å². The van der Waals surface area contributed by atoms with Gasteiger partial charge in [-0.3, -0.25) is 10.1 Å². The van der Waals surface area contributed by atoms with Gasteiger partial charge < -0.3 is 15.2 Å². The van der Waals surface area contributed by atoms with E-state index in [0.29, 0.717) is 16.3 Å². The molecule has 3 aromatic rings. The van der Waals surface area contributed by atoms with Gasteiger partial charge in [0.05, 0.1) is 17.9 Å². The Hall–Kier alpha value is -3.11. The average molecular weight is 451 g/mol. The zero-order chi connectivity index (χ0) is 22.4. The van der Waals surface area contributed by atoms with Gasteiger partial charge in [0.15, 0.2) is 5.13 Å². The van der Waals surface area contributed by atoms with Crippen molar-refractivity contribution >= 4 is 28.1 Å². The lowest BCUT2D eigenvalue weighted by atomic mass is 10.1. The van der Waals surface area contributed by atoms with Crippen LogP contribution >= 0.6 is 11.3 Å². The number of hydrogen-bond donors (Lipinski definition) is 3. The molecule has 1 heterocycles. The molecule has 2 aromatic carbocycles. The maximum Gasteiger partial charge on any atom is 0.418 e. The maximum absolute atomic E-state index is 13.2. The second-order valence-corrected chi connectivity index (χ2v) is 7.40. The molecule has 0 atom stereocenters. The van der Waals surface area contributed by atoms with Crippen LogP contribution in [0.3, 0.4) is 0 Å². The second-order valence-electron chi connectivity index (χ2n) is 6.54. The monoisotopic (exact) mass is 451 g/mol. The molecule has 1 aromatic heterocycles. The van der Waals surface area contributed by atoms with Gasteiger partial charge >= 0.3 is 6.18 Å². The minimum atomic E-state index is -4.49. The van der Waals surface area contributed by atoms with E-state index < -0.39 is 17.6 Å². The summed E-state index contributed by atoms with van der Waals surface area (Å²) in [6.45, 7) is 1.56. The lowest BCUT2D eigenvalue weighted by molar-refractivity contribution is -0.137. The van der Waals surface area contributed by atoms with Crippen molar-refractivity contribution in [3.63, 3.8) is 0 Å². The van der Waals surface area contributed by atoms with E-state index in [9.17, 15) is 18.0 Å². The number of para-hydroxylation sites is 1. The highest BCUT2D eigenvalue weighted by Gasteiger charge is 2.33. The Balaban J connectivity index is 1.79. The molecule has 164 valence electrons. The van der Waals surface area contributed by atoms with Crippen LogP contribution in [0.25, 0.3) is 0 Å². The van der Waals surface area contributed by atoms with Crippen molar-refractivity contribution in [1.82, 2.24) is 4.98 Å². The van der Waals surface area contributed by atoms with Gasteiger partial charge in [-0.1, -0.05) is 18.2 Å². The molecule has 0 aliphatic carbocycles. The van der Waals surface area contributed by atoms with Gasteiger partial charge in [0.2, 0.25) is 0 Å². The van der Waals surface area contributed by atoms with E-state index in [2.05, 4.69) is 15.6 Å². The number of rotatable bonds is 8. The summed E-state index contributed by atoms with van der Waals surface area (Å²) in [7, 11) is 0. The number of halogens is 3. The van der Waals surface area contributed by atoms with Crippen LogP contribution in [0.4, 0.5) is 24.0 Å². The summed E-state index contributed by atoms with van der Waals surface area (Å²) in [6.07, 6.45) is -4.49. The number of carbonyl (C=O) groups is 1. The Morgan fingerprint density at radius 1 is 1.23 bits per heavy atom. The zero-order valence-electron chi connectivity index (χ0n) is 16.5. The fraction of sp³-hybridized carbons (Fsp3) is 0.238.